The second-order valence-corrected chi connectivity index (χ2v) is 6.37. The zero-order valence-electron chi connectivity index (χ0n) is 10.2. The summed E-state index contributed by atoms with van der Waals surface area (Å²) in [5, 5.41) is 3.10. The Morgan fingerprint density at radius 1 is 1.53 bits per heavy atom. The normalized spacial score (nSPS) is 20.9. The van der Waals surface area contributed by atoms with Gasteiger partial charge in [0.05, 0.1) is 12.3 Å². The minimum atomic E-state index is -3.37. The number of nitrogens with zero attached hydrogens (tertiary/aromatic N) is 1. The third-order valence-electron chi connectivity index (χ3n) is 2.87. The molecule has 1 fully saturated rings. The fourth-order valence-electron chi connectivity index (χ4n) is 1.94. The van der Waals surface area contributed by atoms with E-state index in [-0.39, 0.29) is 18.3 Å². The van der Waals surface area contributed by atoms with Gasteiger partial charge >= 0.3 is 0 Å². The third kappa shape index (κ3) is 4.25. The average molecular weight is 263 g/mol. The van der Waals surface area contributed by atoms with Gasteiger partial charge in [-0.1, -0.05) is 13.3 Å². The molecule has 1 saturated heterocycles. The van der Waals surface area contributed by atoms with Crippen molar-refractivity contribution in [2.45, 2.75) is 32.2 Å². The number of amides is 1. The van der Waals surface area contributed by atoms with E-state index < -0.39 is 15.9 Å². The number of hydrogen-bond acceptors (Lipinski definition) is 4. The standard InChI is InChI=1S/C10H21N3O3S/c1-2-3-6-17(15,16)13(8-10(11)14)9-4-5-12-7-9/h9,12H,2-8H2,1H3,(H2,11,14). The maximum Gasteiger partial charge on any atom is 0.232 e. The minimum absolute atomic E-state index is 0.0906. The summed E-state index contributed by atoms with van der Waals surface area (Å²) >= 11 is 0. The highest BCUT2D eigenvalue weighted by molar-refractivity contribution is 7.89. The second-order valence-electron chi connectivity index (χ2n) is 4.33. The molecular weight excluding hydrogens is 242 g/mol. The first kappa shape index (κ1) is 14.4. The molecule has 1 atom stereocenters. The Bertz CT molecular complexity index is 350. The lowest BCUT2D eigenvalue weighted by molar-refractivity contribution is -0.118. The highest BCUT2D eigenvalue weighted by Crippen LogP contribution is 2.14. The summed E-state index contributed by atoms with van der Waals surface area (Å²) in [6, 6.07) is -0.135. The van der Waals surface area contributed by atoms with E-state index in [1.807, 2.05) is 6.92 Å². The van der Waals surface area contributed by atoms with E-state index in [9.17, 15) is 13.2 Å². The molecule has 0 aromatic carbocycles. The Labute approximate surface area is 103 Å². The van der Waals surface area contributed by atoms with Crippen molar-refractivity contribution in [2.24, 2.45) is 5.73 Å². The monoisotopic (exact) mass is 263 g/mol. The van der Waals surface area contributed by atoms with Crippen LogP contribution in [-0.2, 0) is 14.8 Å². The van der Waals surface area contributed by atoms with Gasteiger partial charge in [-0.05, 0) is 19.4 Å². The molecule has 1 unspecified atom stereocenters. The molecule has 1 aliphatic heterocycles. The number of nitrogens with one attached hydrogen (secondary N) is 1. The molecule has 0 bridgehead atoms. The Morgan fingerprint density at radius 2 is 2.24 bits per heavy atom. The van der Waals surface area contributed by atoms with Crippen LogP contribution in [0.4, 0.5) is 0 Å². The van der Waals surface area contributed by atoms with Crippen molar-refractivity contribution in [3.8, 4) is 0 Å². The number of carbonyl (C=O) groups is 1. The summed E-state index contributed by atoms with van der Waals surface area (Å²) in [5.41, 5.74) is 5.12. The largest absolute Gasteiger partial charge is 0.369 e. The van der Waals surface area contributed by atoms with Crippen molar-refractivity contribution in [3.05, 3.63) is 0 Å². The first-order valence-electron chi connectivity index (χ1n) is 5.96. The minimum Gasteiger partial charge on any atom is -0.369 e. The zero-order valence-corrected chi connectivity index (χ0v) is 11.0. The lowest BCUT2D eigenvalue weighted by atomic mass is 10.2. The van der Waals surface area contributed by atoms with Crippen LogP contribution in [0.25, 0.3) is 0 Å². The van der Waals surface area contributed by atoms with Crippen LogP contribution in [-0.4, -0.2) is 50.1 Å². The summed E-state index contributed by atoms with van der Waals surface area (Å²) in [4.78, 5) is 11.0. The van der Waals surface area contributed by atoms with Gasteiger partial charge in [0.15, 0.2) is 0 Å². The maximum atomic E-state index is 12.1. The molecule has 1 amide bonds. The van der Waals surface area contributed by atoms with Crippen LogP contribution >= 0.6 is 0 Å². The quantitative estimate of drug-likeness (QED) is 0.633. The molecule has 0 spiro atoms. The van der Waals surface area contributed by atoms with Gasteiger partial charge in [-0.15, -0.1) is 0 Å². The smallest absolute Gasteiger partial charge is 0.232 e. The Hall–Kier alpha value is -0.660. The van der Waals surface area contributed by atoms with Crippen LogP contribution in [0.15, 0.2) is 0 Å². The first-order valence-corrected chi connectivity index (χ1v) is 7.57. The van der Waals surface area contributed by atoms with Gasteiger partial charge < -0.3 is 11.1 Å². The number of rotatable bonds is 7. The van der Waals surface area contributed by atoms with Gasteiger partial charge in [0.2, 0.25) is 15.9 Å². The molecule has 0 aliphatic carbocycles. The summed E-state index contributed by atoms with van der Waals surface area (Å²) in [7, 11) is -3.37. The topological polar surface area (TPSA) is 92.5 Å². The number of primary amides is 1. The Balaban J connectivity index is 2.76. The number of carbonyl (C=O) groups excluding carboxylic acids is 1. The number of sulfonamides is 1. The number of hydrogen-bond donors (Lipinski definition) is 2. The highest BCUT2D eigenvalue weighted by Gasteiger charge is 2.32. The average Bonchev–Trinajstić information content (AvgIpc) is 2.76. The van der Waals surface area contributed by atoms with Crippen molar-refractivity contribution in [3.63, 3.8) is 0 Å². The molecule has 100 valence electrons. The number of unbranched alkanes of at least 4 members (excludes halogenated alkanes) is 1. The van der Waals surface area contributed by atoms with E-state index in [1.165, 1.54) is 4.31 Å². The molecule has 7 heteroatoms. The SMILES string of the molecule is CCCCS(=O)(=O)N(CC(N)=O)C1CCNC1. The summed E-state index contributed by atoms with van der Waals surface area (Å²) < 4.78 is 25.5. The van der Waals surface area contributed by atoms with Gasteiger partial charge in [0, 0.05) is 12.6 Å². The van der Waals surface area contributed by atoms with Gasteiger partial charge in [0.25, 0.3) is 0 Å². The van der Waals surface area contributed by atoms with E-state index in [1.54, 1.807) is 0 Å². The van der Waals surface area contributed by atoms with Crippen molar-refractivity contribution < 1.29 is 13.2 Å². The second kappa shape index (κ2) is 6.32. The van der Waals surface area contributed by atoms with E-state index in [4.69, 9.17) is 5.73 Å². The summed E-state index contributed by atoms with van der Waals surface area (Å²) in [6.07, 6.45) is 2.16. The zero-order chi connectivity index (χ0) is 12.9. The van der Waals surface area contributed by atoms with E-state index in [0.29, 0.717) is 13.0 Å². The van der Waals surface area contributed by atoms with Crippen molar-refractivity contribution >= 4 is 15.9 Å². The molecule has 0 radical (unpaired) electrons. The highest BCUT2D eigenvalue weighted by atomic mass is 32.2. The molecular formula is C10H21N3O3S. The first-order chi connectivity index (χ1) is 7.97. The van der Waals surface area contributed by atoms with Crippen molar-refractivity contribution in [2.75, 3.05) is 25.4 Å². The van der Waals surface area contributed by atoms with E-state index >= 15 is 0 Å². The molecule has 1 rings (SSSR count). The lowest BCUT2D eigenvalue weighted by Crippen LogP contribution is -2.46. The molecule has 6 nitrogen and oxygen atoms in total. The summed E-state index contributed by atoms with van der Waals surface area (Å²) in [5.74, 6) is -0.509. The molecule has 1 heterocycles. The van der Waals surface area contributed by atoms with Crippen molar-refractivity contribution in [1.29, 1.82) is 0 Å². The maximum absolute atomic E-state index is 12.1. The molecule has 0 aromatic heterocycles. The van der Waals surface area contributed by atoms with Crippen LogP contribution in [0, 0.1) is 0 Å². The van der Waals surface area contributed by atoms with E-state index in [2.05, 4.69) is 5.32 Å². The van der Waals surface area contributed by atoms with Gasteiger partial charge in [-0.2, -0.15) is 4.31 Å². The fourth-order valence-corrected chi connectivity index (χ4v) is 3.78. The van der Waals surface area contributed by atoms with E-state index in [0.717, 1.165) is 19.4 Å². The molecule has 0 aromatic rings. The fraction of sp³-hybridized carbons (Fsp3) is 0.900. The lowest BCUT2D eigenvalue weighted by Gasteiger charge is -2.26. The van der Waals surface area contributed by atoms with Crippen molar-refractivity contribution in [1.82, 2.24) is 9.62 Å². The summed E-state index contributed by atoms with van der Waals surface area (Å²) in [6.45, 7) is 3.10. The molecule has 17 heavy (non-hydrogen) atoms. The van der Waals surface area contributed by atoms with Gasteiger partial charge in [-0.25, -0.2) is 8.42 Å². The van der Waals surface area contributed by atoms with Gasteiger partial charge in [-0.3, -0.25) is 4.79 Å². The predicted molar refractivity (Wildman–Crippen MR) is 65.9 cm³/mol. The van der Waals surface area contributed by atoms with Crippen LogP contribution in [0.2, 0.25) is 0 Å². The molecule has 3 N–H and O–H groups in total. The molecule has 1 aliphatic rings. The number of nitrogens with two attached hydrogens (primary N) is 1. The van der Waals surface area contributed by atoms with Crippen LogP contribution in [0.3, 0.4) is 0 Å². The molecule has 0 saturated carbocycles. The Morgan fingerprint density at radius 3 is 2.71 bits per heavy atom. The van der Waals surface area contributed by atoms with Crippen LogP contribution in [0.1, 0.15) is 26.2 Å². The Kier molecular flexibility index (Phi) is 5.35. The third-order valence-corrected chi connectivity index (χ3v) is 4.81. The van der Waals surface area contributed by atoms with Crippen LogP contribution < -0.4 is 11.1 Å². The van der Waals surface area contributed by atoms with Gasteiger partial charge in [0.1, 0.15) is 0 Å². The predicted octanol–water partition coefficient (Wildman–Crippen LogP) is -0.734. The van der Waals surface area contributed by atoms with Crippen LogP contribution in [0.5, 0.6) is 0 Å².